The van der Waals surface area contributed by atoms with E-state index in [1.807, 2.05) is 0 Å². The molecule has 2 atom stereocenters. The van der Waals surface area contributed by atoms with Crippen molar-refractivity contribution in [2.75, 3.05) is 20.1 Å². The number of hydrogen-bond donors (Lipinski definition) is 1. The summed E-state index contributed by atoms with van der Waals surface area (Å²) in [5.74, 6) is 0.836. The molecule has 1 fully saturated rings. The summed E-state index contributed by atoms with van der Waals surface area (Å²) in [5.41, 5.74) is 6.09. The van der Waals surface area contributed by atoms with Crippen LogP contribution in [0.1, 0.15) is 46.5 Å². The van der Waals surface area contributed by atoms with Gasteiger partial charge in [0.25, 0.3) is 0 Å². The summed E-state index contributed by atoms with van der Waals surface area (Å²) < 4.78 is 0. The predicted octanol–water partition coefficient (Wildman–Crippen LogP) is 2.48. The van der Waals surface area contributed by atoms with E-state index in [9.17, 15) is 0 Å². The molecule has 0 amide bonds. The van der Waals surface area contributed by atoms with Crippen molar-refractivity contribution in [2.24, 2.45) is 17.1 Å². The van der Waals surface area contributed by atoms with Gasteiger partial charge >= 0.3 is 0 Å². The largest absolute Gasteiger partial charge is 0.329 e. The Bertz CT molecular complexity index is 183. The molecule has 0 aliphatic heterocycles. The van der Waals surface area contributed by atoms with Crippen molar-refractivity contribution in [3.05, 3.63) is 0 Å². The first-order valence-corrected chi connectivity index (χ1v) is 6.37. The van der Waals surface area contributed by atoms with E-state index >= 15 is 0 Å². The maximum atomic E-state index is 5.65. The van der Waals surface area contributed by atoms with Gasteiger partial charge in [0, 0.05) is 19.1 Å². The minimum Gasteiger partial charge on any atom is -0.329 e. The Kier molecular flexibility index (Phi) is 4.60. The summed E-state index contributed by atoms with van der Waals surface area (Å²) in [6, 6.07) is 0.752. The molecule has 15 heavy (non-hydrogen) atoms. The summed E-state index contributed by atoms with van der Waals surface area (Å²) >= 11 is 0. The van der Waals surface area contributed by atoms with Crippen LogP contribution >= 0.6 is 0 Å². The second-order valence-electron chi connectivity index (χ2n) is 6.09. The molecule has 0 aromatic rings. The van der Waals surface area contributed by atoms with Crippen LogP contribution in [0.2, 0.25) is 0 Å². The predicted molar refractivity (Wildman–Crippen MR) is 66.9 cm³/mol. The van der Waals surface area contributed by atoms with Crippen molar-refractivity contribution < 1.29 is 0 Å². The van der Waals surface area contributed by atoms with Crippen LogP contribution in [0, 0.1) is 11.3 Å². The zero-order valence-electron chi connectivity index (χ0n) is 10.9. The normalized spacial score (nSPS) is 28.4. The molecule has 2 unspecified atom stereocenters. The SMILES string of the molecule is CN(CCN)C1CCCCC1C(C)(C)C. The number of nitrogens with zero attached hydrogens (tertiary/aromatic N) is 1. The van der Waals surface area contributed by atoms with Gasteiger partial charge < -0.3 is 10.6 Å². The Balaban J connectivity index is 2.65. The fraction of sp³-hybridized carbons (Fsp3) is 1.00. The number of nitrogens with two attached hydrogens (primary N) is 1. The van der Waals surface area contributed by atoms with Crippen molar-refractivity contribution >= 4 is 0 Å². The molecule has 0 saturated heterocycles. The Morgan fingerprint density at radius 1 is 1.20 bits per heavy atom. The molecule has 2 nitrogen and oxygen atoms in total. The van der Waals surface area contributed by atoms with Gasteiger partial charge in [0.2, 0.25) is 0 Å². The highest BCUT2D eigenvalue weighted by molar-refractivity contribution is 4.88. The molecular formula is C13H28N2. The summed E-state index contributed by atoms with van der Waals surface area (Å²) in [5, 5.41) is 0. The molecule has 0 bridgehead atoms. The molecule has 0 aromatic carbocycles. The van der Waals surface area contributed by atoms with Crippen LogP contribution in [0.25, 0.3) is 0 Å². The topological polar surface area (TPSA) is 29.3 Å². The van der Waals surface area contributed by atoms with Crippen LogP contribution in [0.4, 0.5) is 0 Å². The van der Waals surface area contributed by atoms with Gasteiger partial charge in [-0.25, -0.2) is 0 Å². The third-order valence-corrected chi connectivity index (χ3v) is 3.89. The Morgan fingerprint density at radius 3 is 2.33 bits per heavy atom. The van der Waals surface area contributed by atoms with Crippen molar-refractivity contribution in [1.29, 1.82) is 0 Å². The molecule has 1 saturated carbocycles. The molecule has 2 heteroatoms. The number of hydrogen-bond acceptors (Lipinski definition) is 2. The van der Waals surface area contributed by atoms with Crippen LogP contribution in [-0.4, -0.2) is 31.1 Å². The van der Waals surface area contributed by atoms with Crippen LogP contribution in [-0.2, 0) is 0 Å². The molecule has 0 heterocycles. The van der Waals surface area contributed by atoms with Crippen molar-refractivity contribution in [3.63, 3.8) is 0 Å². The van der Waals surface area contributed by atoms with Gasteiger partial charge in [-0.05, 0) is 31.2 Å². The molecule has 0 radical (unpaired) electrons. The maximum Gasteiger partial charge on any atom is 0.0126 e. The molecule has 2 N–H and O–H groups in total. The monoisotopic (exact) mass is 212 g/mol. The highest BCUT2D eigenvalue weighted by atomic mass is 15.1. The van der Waals surface area contributed by atoms with Crippen molar-refractivity contribution in [1.82, 2.24) is 4.90 Å². The number of likely N-dealkylation sites (N-methyl/N-ethyl adjacent to an activating group) is 1. The van der Waals surface area contributed by atoms with Crippen LogP contribution in [0.5, 0.6) is 0 Å². The van der Waals surface area contributed by atoms with Crippen molar-refractivity contribution in [3.8, 4) is 0 Å². The van der Waals surface area contributed by atoms with Crippen LogP contribution in [0.3, 0.4) is 0 Å². The standard InChI is InChI=1S/C13H28N2/c1-13(2,3)11-7-5-6-8-12(11)15(4)10-9-14/h11-12H,5-10,14H2,1-4H3. The van der Waals surface area contributed by atoms with E-state index < -0.39 is 0 Å². The van der Waals surface area contributed by atoms with E-state index in [2.05, 4.69) is 32.7 Å². The quantitative estimate of drug-likeness (QED) is 0.779. The van der Waals surface area contributed by atoms with Gasteiger partial charge in [0.05, 0.1) is 0 Å². The smallest absolute Gasteiger partial charge is 0.0126 e. The maximum absolute atomic E-state index is 5.65. The number of rotatable bonds is 3. The fourth-order valence-corrected chi connectivity index (χ4v) is 3.02. The lowest BCUT2D eigenvalue weighted by Gasteiger charge is -2.44. The molecule has 1 aliphatic rings. The van der Waals surface area contributed by atoms with E-state index in [4.69, 9.17) is 5.73 Å². The fourth-order valence-electron chi connectivity index (χ4n) is 3.02. The second-order valence-corrected chi connectivity index (χ2v) is 6.09. The molecule has 0 spiro atoms. The zero-order valence-corrected chi connectivity index (χ0v) is 10.9. The summed E-state index contributed by atoms with van der Waals surface area (Å²) in [7, 11) is 2.24. The molecular weight excluding hydrogens is 184 g/mol. The Hall–Kier alpha value is -0.0800. The lowest BCUT2D eigenvalue weighted by molar-refractivity contribution is 0.0587. The van der Waals surface area contributed by atoms with E-state index in [1.165, 1.54) is 25.7 Å². The average Bonchev–Trinajstić information content (AvgIpc) is 2.17. The van der Waals surface area contributed by atoms with Gasteiger partial charge in [-0.1, -0.05) is 33.6 Å². The van der Waals surface area contributed by atoms with Crippen molar-refractivity contribution in [2.45, 2.75) is 52.5 Å². The zero-order chi connectivity index (χ0) is 11.5. The van der Waals surface area contributed by atoms with Gasteiger partial charge in [-0.3, -0.25) is 0 Å². The molecule has 90 valence electrons. The van der Waals surface area contributed by atoms with Crippen LogP contribution in [0.15, 0.2) is 0 Å². The lowest BCUT2D eigenvalue weighted by atomic mass is 9.69. The highest BCUT2D eigenvalue weighted by Crippen LogP contribution is 2.39. The van der Waals surface area contributed by atoms with E-state index in [1.54, 1.807) is 0 Å². The van der Waals surface area contributed by atoms with Gasteiger partial charge in [0.1, 0.15) is 0 Å². The third-order valence-electron chi connectivity index (χ3n) is 3.89. The van der Waals surface area contributed by atoms with Gasteiger partial charge in [-0.15, -0.1) is 0 Å². The van der Waals surface area contributed by atoms with E-state index in [0.29, 0.717) is 5.41 Å². The Morgan fingerprint density at radius 2 is 1.80 bits per heavy atom. The third kappa shape index (κ3) is 3.46. The van der Waals surface area contributed by atoms with E-state index in [-0.39, 0.29) is 0 Å². The summed E-state index contributed by atoms with van der Waals surface area (Å²) in [4.78, 5) is 2.48. The second kappa shape index (κ2) is 5.31. The molecule has 1 aliphatic carbocycles. The van der Waals surface area contributed by atoms with E-state index in [0.717, 1.165) is 25.0 Å². The average molecular weight is 212 g/mol. The summed E-state index contributed by atoms with van der Waals surface area (Å²) in [6.07, 6.45) is 5.56. The minimum atomic E-state index is 0.438. The van der Waals surface area contributed by atoms with Gasteiger partial charge in [-0.2, -0.15) is 0 Å². The first kappa shape index (κ1) is 13.0. The highest BCUT2D eigenvalue weighted by Gasteiger charge is 2.35. The Labute approximate surface area is 95.2 Å². The van der Waals surface area contributed by atoms with Crippen LogP contribution < -0.4 is 5.73 Å². The van der Waals surface area contributed by atoms with Gasteiger partial charge in [0.15, 0.2) is 0 Å². The lowest BCUT2D eigenvalue weighted by Crippen LogP contribution is -2.46. The first-order valence-electron chi connectivity index (χ1n) is 6.37. The molecule has 0 aromatic heterocycles. The minimum absolute atomic E-state index is 0.438. The summed E-state index contributed by atoms with van der Waals surface area (Å²) in [6.45, 7) is 8.96. The molecule has 1 rings (SSSR count). The first-order chi connectivity index (χ1) is 6.96.